The summed E-state index contributed by atoms with van der Waals surface area (Å²) < 4.78 is 35.3. The Morgan fingerprint density at radius 2 is 1.77 bits per heavy atom. The van der Waals surface area contributed by atoms with Crippen LogP contribution < -0.4 is 9.46 Å². The van der Waals surface area contributed by atoms with Crippen LogP contribution in [0.15, 0.2) is 65.6 Å². The highest BCUT2D eigenvalue weighted by Gasteiger charge is 2.29. The number of likely N-dealkylation sites (tertiary alicyclic amines) is 1. The number of nitrogens with one attached hydrogen (secondary N) is 1. The molecule has 1 aliphatic rings. The maximum Gasteiger partial charge on any atom is 0.262 e. The van der Waals surface area contributed by atoms with Gasteiger partial charge < -0.3 is 14.7 Å². The zero-order valence-corrected chi connectivity index (χ0v) is 24.7. The lowest BCUT2D eigenvalue weighted by atomic mass is 10.0. The molecule has 8 nitrogen and oxygen atoms in total. The van der Waals surface area contributed by atoms with E-state index >= 15 is 0 Å². The van der Waals surface area contributed by atoms with Crippen molar-refractivity contribution in [3.8, 4) is 5.75 Å². The summed E-state index contributed by atoms with van der Waals surface area (Å²) in [6.07, 6.45) is 0.402. The standard InChI is InChI=1S/C31H39N3O5S/c1-21-17-29(22(2)23(3)31(21)39-5)40(37,38)32-27-14-10-9-13-25(27)18-30(36)33(4)28(24-11-7-6-8-12-24)20-34-16-15-26(35)19-34/h6-14,17,26,28,32,35H,15-16,18-20H2,1-5H3/t26-,28+/m0/s1. The van der Waals surface area contributed by atoms with Crippen LogP contribution in [0.4, 0.5) is 5.69 Å². The fourth-order valence-electron chi connectivity index (χ4n) is 5.40. The quantitative estimate of drug-likeness (QED) is 0.382. The van der Waals surface area contributed by atoms with Crippen LogP contribution >= 0.6 is 0 Å². The monoisotopic (exact) mass is 565 g/mol. The summed E-state index contributed by atoms with van der Waals surface area (Å²) in [7, 11) is -0.579. The van der Waals surface area contributed by atoms with E-state index in [0.717, 1.165) is 29.7 Å². The Morgan fingerprint density at radius 1 is 1.10 bits per heavy atom. The molecule has 0 spiro atoms. The smallest absolute Gasteiger partial charge is 0.262 e. The minimum atomic E-state index is -3.93. The molecule has 0 radical (unpaired) electrons. The summed E-state index contributed by atoms with van der Waals surface area (Å²) in [4.78, 5) is 17.7. The Hall–Kier alpha value is -3.40. The van der Waals surface area contributed by atoms with E-state index in [9.17, 15) is 18.3 Å². The molecule has 214 valence electrons. The molecule has 3 aromatic carbocycles. The van der Waals surface area contributed by atoms with E-state index in [1.54, 1.807) is 56.3 Å². The third kappa shape index (κ3) is 6.49. The molecule has 1 amide bonds. The number of benzene rings is 3. The summed E-state index contributed by atoms with van der Waals surface area (Å²) in [5.74, 6) is 0.537. The number of hydrogen-bond donors (Lipinski definition) is 2. The number of aryl methyl sites for hydroxylation is 1. The predicted octanol–water partition coefficient (Wildman–Crippen LogP) is 4.23. The zero-order chi connectivity index (χ0) is 29.0. The van der Waals surface area contributed by atoms with E-state index in [1.165, 1.54) is 0 Å². The Bertz CT molecular complexity index is 1460. The highest BCUT2D eigenvalue weighted by Crippen LogP contribution is 2.32. The van der Waals surface area contributed by atoms with Gasteiger partial charge >= 0.3 is 0 Å². The first-order valence-corrected chi connectivity index (χ1v) is 15.0. The van der Waals surface area contributed by atoms with E-state index in [4.69, 9.17) is 4.74 Å². The molecule has 0 aliphatic carbocycles. The second-order valence-electron chi connectivity index (χ2n) is 10.5. The number of β-amino-alcohol motifs (C(OH)–C–C–N with tert-alkyl or cyclic N) is 1. The third-order valence-corrected chi connectivity index (χ3v) is 9.29. The topological polar surface area (TPSA) is 99.2 Å². The molecular formula is C31H39N3O5S. The maximum absolute atomic E-state index is 13.6. The third-order valence-electron chi connectivity index (χ3n) is 7.80. The molecule has 0 bridgehead atoms. The Morgan fingerprint density at radius 3 is 2.42 bits per heavy atom. The van der Waals surface area contributed by atoms with Crippen LogP contribution in [-0.2, 0) is 21.2 Å². The summed E-state index contributed by atoms with van der Waals surface area (Å²) in [5.41, 5.74) is 4.08. The van der Waals surface area contributed by atoms with E-state index < -0.39 is 10.0 Å². The number of para-hydroxylation sites is 1. The second kappa shape index (κ2) is 12.4. The number of anilines is 1. The predicted molar refractivity (Wildman–Crippen MR) is 157 cm³/mol. The van der Waals surface area contributed by atoms with Crippen LogP contribution in [0.5, 0.6) is 5.75 Å². The molecule has 1 aliphatic heterocycles. The van der Waals surface area contributed by atoms with Crippen LogP contribution in [0.2, 0.25) is 0 Å². The maximum atomic E-state index is 13.6. The van der Waals surface area contributed by atoms with E-state index in [1.807, 2.05) is 44.2 Å². The normalized spacial score (nSPS) is 16.5. The zero-order valence-electron chi connectivity index (χ0n) is 23.8. The number of nitrogens with zero attached hydrogens (tertiary/aromatic N) is 2. The molecule has 0 aromatic heterocycles. The van der Waals surface area contributed by atoms with Gasteiger partial charge in [-0.2, -0.15) is 0 Å². The molecule has 2 N–H and O–H groups in total. The Labute approximate surface area is 237 Å². The lowest BCUT2D eigenvalue weighted by Crippen LogP contribution is -2.39. The summed E-state index contributed by atoms with van der Waals surface area (Å²) in [6, 6.07) is 18.3. The number of sulfonamides is 1. The van der Waals surface area contributed by atoms with Crippen molar-refractivity contribution in [1.29, 1.82) is 0 Å². The first-order valence-electron chi connectivity index (χ1n) is 13.5. The van der Waals surface area contributed by atoms with Gasteiger partial charge in [-0.25, -0.2) is 8.42 Å². The van der Waals surface area contributed by atoms with Crippen LogP contribution in [0.3, 0.4) is 0 Å². The largest absolute Gasteiger partial charge is 0.496 e. The molecule has 9 heteroatoms. The number of likely N-dealkylation sites (N-methyl/N-ethyl adjacent to an activating group) is 1. The fraction of sp³-hybridized carbons (Fsp3) is 0.387. The van der Waals surface area contributed by atoms with Crippen molar-refractivity contribution in [1.82, 2.24) is 9.80 Å². The van der Waals surface area contributed by atoms with Crippen molar-refractivity contribution in [2.75, 3.05) is 38.5 Å². The number of ether oxygens (including phenoxy) is 1. The molecule has 40 heavy (non-hydrogen) atoms. The Kier molecular flexibility index (Phi) is 9.18. The van der Waals surface area contributed by atoms with Gasteiger partial charge in [0.25, 0.3) is 10.0 Å². The molecule has 3 aromatic rings. The molecule has 4 rings (SSSR count). The minimum Gasteiger partial charge on any atom is -0.496 e. The molecule has 0 saturated carbocycles. The number of amides is 1. The molecule has 1 heterocycles. The molecule has 0 unspecified atom stereocenters. The summed E-state index contributed by atoms with van der Waals surface area (Å²) in [6.45, 7) is 7.39. The minimum absolute atomic E-state index is 0.0286. The highest BCUT2D eigenvalue weighted by atomic mass is 32.2. The number of methoxy groups -OCH3 is 1. The molecule has 1 fully saturated rings. The van der Waals surface area contributed by atoms with Gasteiger partial charge in [0, 0.05) is 26.7 Å². The van der Waals surface area contributed by atoms with Crippen LogP contribution in [0, 0.1) is 20.8 Å². The lowest BCUT2D eigenvalue weighted by molar-refractivity contribution is -0.131. The van der Waals surface area contributed by atoms with Crippen molar-refractivity contribution < 1.29 is 23.1 Å². The van der Waals surface area contributed by atoms with E-state index in [2.05, 4.69) is 9.62 Å². The van der Waals surface area contributed by atoms with Crippen LogP contribution in [0.1, 0.15) is 40.3 Å². The number of aliphatic hydroxyl groups excluding tert-OH is 1. The highest BCUT2D eigenvalue weighted by molar-refractivity contribution is 7.92. The van der Waals surface area contributed by atoms with Crippen LogP contribution in [-0.4, -0.2) is 69.1 Å². The van der Waals surface area contributed by atoms with Crippen LogP contribution in [0.25, 0.3) is 0 Å². The van der Waals surface area contributed by atoms with Gasteiger partial charge in [0.05, 0.1) is 36.3 Å². The number of aliphatic hydroxyl groups is 1. The van der Waals surface area contributed by atoms with Gasteiger partial charge in [-0.1, -0.05) is 48.5 Å². The lowest BCUT2D eigenvalue weighted by Gasteiger charge is -2.32. The van der Waals surface area contributed by atoms with E-state index in [-0.39, 0.29) is 29.4 Å². The van der Waals surface area contributed by atoms with E-state index in [0.29, 0.717) is 35.7 Å². The Balaban J connectivity index is 1.57. The van der Waals surface area contributed by atoms with Crippen molar-refractivity contribution >= 4 is 21.6 Å². The van der Waals surface area contributed by atoms with Gasteiger partial charge in [0.15, 0.2) is 0 Å². The number of rotatable bonds is 10. The van der Waals surface area contributed by atoms with Gasteiger partial charge in [-0.15, -0.1) is 0 Å². The number of hydrogen-bond acceptors (Lipinski definition) is 6. The molecule has 2 atom stereocenters. The van der Waals surface area contributed by atoms with Crippen molar-refractivity contribution in [3.05, 3.63) is 88.5 Å². The molecule has 1 saturated heterocycles. The SMILES string of the molecule is COc1c(C)cc(S(=O)(=O)Nc2ccccc2CC(=O)N(C)[C@H](CN2CC[C@H](O)C2)c2ccccc2)c(C)c1C. The van der Waals surface area contributed by atoms with Gasteiger partial charge in [0.2, 0.25) is 5.91 Å². The number of carbonyl (C=O) groups excluding carboxylic acids is 1. The van der Waals surface area contributed by atoms with Gasteiger partial charge in [0.1, 0.15) is 5.75 Å². The van der Waals surface area contributed by atoms with Gasteiger partial charge in [-0.3, -0.25) is 14.4 Å². The van der Waals surface area contributed by atoms with Crippen molar-refractivity contribution in [2.24, 2.45) is 0 Å². The molecular weight excluding hydrogens is 526 g/mol. The average molecular weight is 566 g/mol. The second-order valence-corrected chi connectivity index (χ2v) is 12.2. The average Bonchev–Trinajstić information content (AvgIpc) is 3.35. The van der Waals surface area contributed by atoms with Gasteiger partial charge in [-0.05, 0) is 67.1 Å². The first kappa shape index (κ1) is 29.6. The first-order chi connectivity index (χ1) is 19.0. The van der Waals surface area contributed by atoms with Crippen molar-refractivity contribution in [2.45, 2.75) is 50.7 Å². The summed E-state index contributed by atoms with van der Waals surface area (Å²) >= 11 is 0. The summed E-state index contributed by atoms with van der Waals surface area (Å²) in [5, 5.41) is 10.0. The fourth-order valence-corrected chi connectivity index (χ4v) is 6.89. The van der Waals surface area contributed by atoms with Crippen molar-refractivity contribution in [3.63, 3.8) is 0 Å². The number of carbonyl (C=O) groups is 1.